The minimum atomic E-state index is -0.117. The molecule has 2 rings (SSSR count). The molecule has 0 aliphatic carbocycles. The van der Waals surface area contributed by atoms with Crippen LogP contribution in [0.15, 0.2) is 42.5 Å². The van der Waals surface area contributed by atoms with Crippen molar-refractivity contribution in [3.05, 3.63) is 58.1 Å². The van der Waals surface area contributed by atoms with Crippen LogP contribution in [0.1, 0.15) is 5.56 Å². The molecule has 0 saturated heterocycles. The molecule has 0 radical (unpaired) electrons. The fraction of sp³-hybridized carbons (Fsp3) is 0.133. The van der Waals surface area contributed by atoms with E-state index in [1.165, 1.54) is 0 Å². The lowest BCUT2D eigenvalue weighted by atomic mass is 10.1. The number of hydrogen-bond acceptors (Lipinski definition) is 2. The maximum Gasteiger partial charge on any atom is 0.228 e. The van der Waals surface area contributed by atoms with Crippen LogP contribution in [0, 0.1) is 0 Å². The Morgan fingerprint density at radius 3 is 2.40 bits per heavy atom. The van der Waals surface area contributed by atoms with Crippen molar-refractivity contribution in [1.29, 1.82) is 0 Å². The highest BCUT2D eigenvalue weighted by atomic mass is 35.5. The number of ether oxygens (including phenoxy) is 1. The van der Waals surface area contributed by atoms with E-state index in [1.807, 2.05) is 24.3 Å². The SMILES string of the molecule is COc1ccc(CC(=O)Nc2ccc(Cl)c(Cl)c2)cc1. The van der Waals surface area contributed by atoms with Gasteiger partial charge in [-0.05, 0) is 35.9 Å². The average molecular weight is 310 g/mol. The van der Waals surface area contributed by atoms with Gasteiger partial charge in [-0.1, -0.05) is 35.3 Å². The summed E-state index contributed by atoms with van der Waals surface area (Å²) in [6.07, 6.45) is 0.282. The Balaban J connectivity index is 1.99. The number of methoxy groups -OCH3 is 1. The number of nitrogens with one attached hydrogen (secondary N) is 1. The topological polar surface area (TPSA) is 38.3 Å². The van der Waals surface area contributed by atoms with Crippen LogP contribution in [-0.4, -0.2) is 13.0 Å². The van der Waals surface area contributed by atoms with E-state index in [-0.39, 0.29) is 12.3 Å². The van der Waals surface area contributed by atoms with E-state index >= 15 is 0 Å². The van der Waals surface area contributed by atoms with Gasteiger partial charge < -0.3 is 10.1 Å². The molecule has 0 unspecified atom stereocenters. The summed E-state index contributed by atoms with van der Waals surface area (Å²) < 4.78 is 5.07. The predicted octanol–water partition coefficient (Wildman–Crippen LogP) is 4.18. The van der Waals surface area contributed by atoms with Crippen LogP contribution in [0.3, 0.4) is 0 Å². The lowest BCUT2D eigenvalue weighted by Crippen LogP contribution is -2.14. The molecule has 1 amide bonds. The molecule has 0 aromatic heterocycles. The van der Waals surface area contributed by atoms with Gasteiger partial charge in [-0.25, -0.2) is 0 Å². The molecule has 2 aromatic carbocycles. The monoisotopic (exact) mass is 309 g/mol. The molecule has 0 heterocycles. The van der Waals surface area contributed by atoms with Crippen molar-refractivity contribution in [3.8, 4) is 5.75 Å². The molecule has 1 N–H and O–H groups in total. The largest absolute Gasteiger partial charge is 0.497 e. The van der Waals surface area contributed by atoms with Crippen LogP contribution >= 0.6 is 23.2 Å². The Morgan fingerprint density at radius 1 is 1.10 bits per heavy atom. The first-order chi connectivity index (χ1) is 9.58. The van der Waals surface area contributed by atoms with Gasteiger partial charge >= 0.3 is 0 Å². The van der Waals surface area contributed by atoms with Crippen LogP contribution < -0.4 is 10.1 Å². The third-order valence-corrected chi connectivity index (χ3v) is 3.47. The zero-order valence-corrected chi connectivity index (χ0v) is 12.3. The summed E-state index contributed by atoms with van der Waals surface area (Å²) in [5.74, 6) is 0.646. The Hall–Kier alpha value is -1.71. The van der Waals surface area contributed by atoms with Crippen LogP contribution in [0.25, 0.3) is 0 Å². The first-order valence-corrected chi connectivity index (χ1v) is 6.72. The fourth-order valence-corrected chi connectivity index (χ4v) is 2.01. The van der Waals surface area contributed by atoms with Gasteiger partial charge in [0.2, 0.25) is 5.91 Å². The summed E-state index contributed by atoms with van der Waals surface area (Å²) in [4.78, 5) is 11.9. The van der Waals surface area contributed by atoms with Crippen LogP contribution in [-0.2, 0) is 11.2 Å². The highest BCUT2D eigenvalue weighted by molar-refractivity contribution is 6.42. The number of carbonyl (C=O) groups excluding carboxylic acids is 1. The molecule has 3 nitrogen and oxygen atoms in total. The summed E-state index contributed by atoms with van der Waals surface area (Å²) in [7, 11) is 1.60. The van der Waals surface area contributed by atoms with Crippen molar-refractivity contribution in [3.63, 3.8) is 0 Å². The molecule has 0 spiro atoms. The summed E-state index contributed by atoms with van der Waals surface area (Å²) in [6.45, 7) is 0. The van der Waals surface area contributed by atoms with Crippen LogP contribution in [0.5, 0.6) is 5.75 Å². The molecule has 0 bridgehead atoms. The van der Waals surface area contributed by atoms with E-state index < -0.39 is 0 Å². The minimum Gasteiger partial charge on any atom is -0.497 e. The molecule has 0 aliphatic rings. The van der Waals surface area contributed by atoms with Crippen molar-refractivity contribution in [1.82, 2.24) is 0 Å². The Morgan fingerprint density at radius 2 is 1.80 bits per heavy atom. The van der Waals surface area contributed by atoms with Crippen molar-refractivity contribution in [2.45, 2.75) is 6.42 Å². The van der Waals surface area contributed by atoms with Crippen molar-refractivity contribution >= 4 is 34.8 Å². The summed E-state index contributed by atoms with van der Waals surface area (Å²) in [5, 5.41) is 3.64. The van der Waals surface area contributed by atoms with Gasteiger partial charge in [-0.15, -0.1) is 0 Å². The average Bonchev–Trinajstić information content (AvgIpc) is 2.44. The van der Waals surface area contributed by atoms with Gasteiger partial charge in [-0.2, -0.15) is 0 Å². The lowest BCUT2D eigenvalue weighted by molar-refractivity contribution is -0.115. The first-order valence-electron chi connectivity index (χ1n) is 5.96. The van der Waals surface area contributed by atoms with E-state index in [9.17, 15) is 4.79 Å². The molecule has 2 aromatic rings. The molecule has 0 aliphatic heterocycles. The first kappa shape index (κ1) is 14.7. The molecule has 104 valence electrons. The zero-order chi connectivity index (χ0) is 14.5. The van der Waals surface area contributed by atoms with E-state index in [0.29, 0.717) is 15.7 Å². The van der Waals surface area contributed by atoms with Gasteiger partial charge in [0, 0.05) is 5.69 Å². The number of carbonyl (C=O) groups is 1. The second-order valence-corrected chi connectivity index (χ2v) is 5.02. The van der Waals surface area contributed by atoms with Gasteiger partial charge in [0.05, 0.1) is 23.6 Å². The molecule has 0 fully saturated rings. The standard InChI is InChI=1S/C15H13Cl2NO2/c1-20-12-5-2-10(3-6-12)8-15(19)18-11-4-7-13(16)14(17)9-11/h2-7,9H,8H2,1H3,(H,18,19). The van der Waals surface area contributed by atoms with Gasteiger partial charge in [0.25, 0.3) is 0 Å². The Bertz CT molecular complexity index is 612. The van der Waals surface area contributed by atoms with Gasteiger partial charge in [0.15, 0.2) is 0 Å². The van der Waals surface area contributed by atoms with E-state index in [2.05, 4.69) is 5.32 Å². The lowest BCUT2D eigenvalue weighted by Gasteiger charge is -2.07. The third kappa shape index (κ3) is 3.89. The number of halogens is 2. The Labute approximate surface area is 127 Å². The quantitative estimate of drug-likeness (QED) is 0.920. The van der Waals surface area contributed by atoms with Crippen LogP contribution in [0.4, 0.5) is 5.69 Å². The summed E-state index contributed by atoms with van der Waals surface area (Å²) in [5.41, 5.74) is 1.53. The molecule has 0 atom stereocenters. The molecular formula is C15H13Cl2NO2. The second kappa shape index (κ2) is 6.64. The number of benzene rings is 2. The maximum atomic E-state index is 11.9. The fourth-order valence-electron chi connectivity index (χ4n) is 1.71. The smallest absolute Gasteiger partial charge is 0.228 e. The minimum absolute atomic E-state index is 0.117. The van der Waals surface area contributed by atoms with Crippen molar-refractivity contribution < 1.29 is 9.53 Å². The van der Waals surface area contributed by atoms with Crippen molar-refractivity contribution in [2.24, 2.45) is 0 Å². The van der Waals surface area contributed by atoms with E-state index in [1.54, 1.807) is 25.3 Å². The Kier molecular flexibility index (Phi) is 4.88. The molecule has 0 saturated carbocycles. The number of anilines is 1. The second-order valence-electron chi connectivity index (χ2n) is 4.20. The molecule has 20 heavy (non-hydrogen) atoms. The van der Waals surface area contributed by atoms with Crippen molar-refractivity contribution in [2.75, 3.05) is 12.4 Å². The maximum absolute atomic E-state index is 11.9. The molecular weight excluding hydrogens is 297 g/mol. The van der Waals surface area contributed by atoms with Crippen LogP contribution in [0.2, 0.25) is 10.0 Å². The molecule has 5 heteroatoms. The summed E-state index contributed by atoms with van der Waals surface area (Å²) in [6, 6.07) is 12.3. The van der Waals surface area contributed by atoms with E-state index in [0.717, 1.165) is 11.3 Å². The summed E-state index contributed by atoms with van der Waals surface area (Å²) >= 11 is 11.7. The third-order valence-electron chi connectivity index (χ3n) is 2.73. The number of rotatable bonds is 4. The zero-order valence-electron chi connectivity index (χ0n) is 10.8. The highest BCUT2D eigenvalue weighted by Gasteiger charge is 2.06. The normalized spacial score (nSPS) is 10.2. The number of hydrogen-bond donors (Lipinski definition) is 1. The van der Waals surface area contributed by atoms with Gasteiger partial charge in [0.1, 0.15) is 5.75 Å². The highest BCUT2D eigenvalue weighted by Crippen LogP contribution is 2.25. The predicted molar refractivity (Wildman–Crippen MR) is 81.8 cm³/mol. The van der Waals surface area contributed by atoms with Gasteiger partial charge in [-0.3, -0.25) is 4.79 Å². The van der Waals surface area contributed by atoms with E-state index in [4.69, 9.17) is 27.9 Å². The number of amides is 1.